The minimum absolute atomic E-state index is 0.319. The number of benzene rings is 1. The van der Waals surface area contributed by atoms with Crippen LogP contribution in [0.3, 0.4) is 0 Å². The summed E-state index contributed by atoms with van der Waals surface area (Å²) in [5.74, 6) is -0.319. The van der Waals surface area contributed by atoms with Crippen molar-refractivity contribution in [3.63, 3.8) is 0 Å². The maximum atomic E-state index is 11.7. The fourth-order valence-corrected chi connectivity index (χ4v) is 2.71. The second-order valence-corrected chi connectivity index (χ2v) is 4.78. The van der Waals surface area contributed by atoms with Crippen LogP contribution in [0.2, 0.25) is 0 Å². The SMILES string of the molecule is COC(=O)c1ccc(SC)c(C2=NOCC2)c1C. The molecule has 0 bridgehead atoms. The van der Waals surface area contributed by atoms with Crippen molar-refractivity contribution in [3.8, 4) is 0 Å². The summed E-state index contributed by atoms with van der Waals surface area (Å²) < 4.78 is 4.79. The minimum Gasteiger partial charge on any atom is -0.465 e. The smallest absolute Gasteiger partial charge is 0.338 e. The Balaban J connectivity index is 2.56. The van der Waals surface area contributed by atoms with E-state index in [9.17, 15) is 4.79 Å². The van der Waals surface area contributed by atoms with Gasteiger partial charge in [-0.3, -0.25) is 0 Å². The molecule has 1 aromatic rings. The van der Waals surface area contributed by atoms with Gasteiger partial charge in [-0.2, -0.15) is 0 Å². The minimum atomic E-state index is -0.319. The lowest BCUT2D eigenvalue weighted by Gasteiger charge is -2.13. The summed E-state index contributed by atoms with van der Waals surface area (Å²) in [6, 6.07) is 3.73. The molecular weight excluding hydrogens is 250 g/mol. The fraction of sp³-hybridized carbons (Fsp3) is 0.385. The molecule has 0 aliphatic carbocycles. The van der Waals surface area contributed by atoms with Gasteiger partial charge in [0.15, 0.2) is 0 Å². The zero-order valence-corrected chi connectivity index (χ0v) is 11.5. The second kappa shape index (κ2) is 5.44. The Kier molecular flexibility index (Phi) is 3.91. The van der Waals surface area contributed by atoms with Crippen LogP contribution in [0.25, 0.3) is 0 Å². The first-order chi connectivity index (χ1) is 8.69. The summed E-state index contributed by atoms with van der Waals surface area (Å²) in [6.45, 7) is 2.52. The molecule has 4 nitrogen and oxygen atoms in total. The molecule has 0 saturated carbocycles. The van der Waals surface area contributed by atoms with E-state index in [0.29, 0.717) is 12.2 Å². The third-order valence-corrected chi connectivity index (χ3v) is 3.73. The summed E-state index contributed by atoms with van der Waals surface area (Å²) in [5, 5.41) is 4.05. The average Bonchev–Trinajstić information content (AvgIpc) is 2.90. The molecule has 18 heavy (non-hydrogen) atoms. The van der Waals surface area contributed by atoms with Crippen molar-refractivity contribution < 1.29 is 14.4 Å². The van der Waals surface area contributed by atoms with E-state index in [4.69, 9.17) is 9.57 Å². The van der Waals surface area contributed by atoms with Gasteiger partial charge in [0.2, 0.25) is 0 Å². The van der Waals surface area contributed by atoms with Crippen molar-refractivity contribution in [1.82, 2.24) is 0 Å². The first-order valence-corrected chi connectivity index (χ1v) is 6.86. The normalized spacial score (nSPS) is 14.1. The van der Waals surface area contributed by atoms with Gasteiger partial charge in [-0.15, -0.1) is 11.8 Å². The summed E-state index contributed by atoms with van der Waals surface area (Å²) >= 11 is 1.64. The molecule has 0 fully saturated rings. The molecule has 0 unspecified atom stereocenters. The highest BCUT2D eigenvalue weighted by Gasteiger charge is 2.21. The molecule has 0 saturated heterocycles. The molecule has 2 rings (SSSR count). The van der Waals surface area contributed by atoms with Crippen LogP contribution in [0.1, 0.15) is 27.9 Å². The quantitative estimate of drug-likeness (QED) is 0.622. The van der Waals surface area contributed by atoms with Crippen molar-refractivity contribution in [1.29, 1.82) is 0 Å². The Morgan fingerprint density at radius 3 is 2.83 bits per heavy atom. The zero-order chi connectivity index (χ0) is 13.1. The van der Waals surface area contributed by atoms with E-state index in [0.717, 1.165) is 28.2 Å². The van der Waals surface area contributed by atoms with E-state index in [1.807, 2.05) is 19.2 Å². The number of carbonyl (C=O) groups excluding carboxylic acids is 1. The molecule has 0 atom stereocenters. The van der Waals surface area contributed by atoms with Crippen LogP contribution in [0, 0.1) is 6.92 Å². The van der Waals surface area contributed by atoms with Crippen molar-refractivity contribution >= 4 is 23.4 Å². The number of ether oxygens (including phenoxy) is 1. The molecule has 0 amide bonds. The fourth-order valence-electron chi connectivity index (χ4n) is 2.03. The van der Waals surface area contributed by atoms with Crippen molar-refractivity contribution in [3.05, 3.63) is 28.8 Å². The molecule has 0 spiro atoms. The highest BCUT2D eigenvalue weighted by Crippen LogP contribution is 2.29. The van der Waals surface area contributed by atoms with Crippen molar-refractivity contribution in [2.75, 3.05) is 20.0 Å². The average molecular weight is 265 g/mol. The van der Waals surface area contributed by atoms with Gasteiger partial charge in [-0.25, -0.2) is 4.79 Å². The second-order valence-electron chi connectivity index (χ2n) is 3.93. The van der Waals surface area contributed by atoms with E-state index >= 15 is 0 Å². The van der Waals surface area contributed by atoms with Crippen LogP contribution in [0.5, 0.6) is 0 Å². The maximum Gasteiger partial charge on any atom is 0.338 e. The predicted molar refractivity (Wildman–Crippen MR) is 71.4 cm³/mol. The molecular formula is C13H15NO3S. The van der Waals surface area contributed by atoms with Crippen molar-refractivity contribution in [2.45, 2.75) is 18.2 Å². The first kappa shape index (κ1) is 13.0. The highest BCUT2D eigenvalue weighted by molar-refractivity contribution is 7.98. The summed E-state index contributed by atoms with van der Waals surface area (Å²) in [4.78, 5) is 17.9. The Labute approximate surface area is 110 Å². The maximum absolute atomic E-state index is 11.7. The molecule has 5 heteroatoms. The number of thioether (sulfide) groups is 1. The summed E-state index contributed by atoms with van der Waals surface area (Å²) in [5.41, 5.74) is 3.39. The Bertz CT molecular complexity index is 511. The van der Waals surface area contributed by atoms with Gasteiger partial charge < -0.3 is 9.57 Å². The molecule has 96 valence electrons. The molecule has 1 aromatic carbocycles. The van der Waals surface area contributed by atoms with Gasteiger partial charge in [0, 0.05) is 16.9 Å². The molecule has 1 aliphatic rings. The van der Waals surface area contributed by atoms with Gasteiger partial charge in [-0.1, -0.05) is 5.16 Å². The lowest BCUT2D eigenvalue weighted by molar-refractivity contribution is 0.0600. The van der Waals surface area contributed by atoms with Crippen LogP contribution in [-0.4, -0.2) is 31.7 Å². The predicted octanol–water partition coefficient (Wildman–Crippen LogP) is 2.63. The number of esters is 1. The third-order valence-electron chi connectivity index (χ3n) is 2.95. The van der Waals surface area contributed by atoms with E-state index < -0.39 is 0 Å². The number of carbonyl (C=O) groups is 1. The van der Waals surface area contributed by atoms with E-state index in [-0.39, 0.29) is 5.97 Å². The van der Waals surface area contributed by atoms with E-state index in [2.05, 4.69) is 5.16 Å². The van der Waals surface area contributed by atoms with Crippen LogP contribution >= 0.6 is 11.8 Å². The lowest BCUT2D eigenvalue weighted by atomic mass is 9.97. The zero-order valence-electron chi connectivity index (χ0n) is 10.6. The van der Waals surface area contributed by atoms with E-state index in [1.165, 1.54) is 7.11 Å². The molecule has 1 heterocycles. The standard InChI is InChI=1S/C13H15NO3S/c1-8-9(13(15)16-2)4-5-11(18-3)12(8)10-6-7-17-14-10/h4-5H,6-7H2,1-3H3. The Hall–Kier alpha value is -1.49. The lowest BCUT2D eigenvalue weighted by Crippen LogP contribution is -2.10. The van der Waals surface area contributed by atoms with Crippen molar-refractivity contribution in [2.24, 2.45) is 5.16 Å². The number of hydrogen-bond acceptors (Lipinski definition) is 5. The van der Waals surface area contributed by atoms with Crippen LogP contribution in [-0.2, 0) is 9.57 Å². The van der Waals surface area contributed by atoms with Crippen LogP contribution < -0.4 is 0 Å². The number of nitrogens with zero attached hydrogens (tertiary/aromatic N) is 1. The molecule has 1 aliphatic heterocycles. The Morgan fingerprint density at radius 1 is 1.50 bits per heavy atom. The van der Waals surface area contributed by atoms with Gasteiger partial charge in [0.25, 0.3) is 0 Å². The molecule has 0 aromatic heterocycles. The number of rotatable bonds is 3. The van der Waals surface area contributed by atoms with Gasteiger partial charge in [-0.05, 0) is 30.9 Å². The topological polar surface area (TPSA) is 47.9 Å². The highest BCUT2D eigenvalue weighted by atomic mass is 32.2. The van der Waals surface area contributed by atoms with Gasteiger partial charge in [0.05, 0.1) is 18.4 Å². The third kappa shape index (κ3) is 2.22. The number of hydrogen-bond donors (Lipinski definition) is 0. The Morgan fingerprint density at radius 2 is 2.28 bits per heavy atom. The number of methoxy groups -OCH3 is 1. The molecule has 0 N–H and O–H groups in total. The van der Waals surface area contributed by atoms with Gasteiger partial charge >= 0.3 is 5.97 Å². The van der Waals surface area contributed by atoms with Crippen LogP contribution in [0.4, 0.5) is 0 Å². The summed E-state index contributed by atoms with van der Waals surface area (Å²) in [6.07, 6.45) is 2.78. The molecule has 0 radical (unpaired) electrons. The van der Waals surface area contributed by atoms with Crippen LogP contribution in [0.15, 0.2) is 22.2 Å². The first-order valence-electron chi connectivity index (χ1n) is 5.64. The van der Waals surface area contributed by atoms with Gasteiger partial charge in [0.1, 0.15) is 6.61 Å². The monoisotopic (exact) mass is 265 g/mol. The number of oxime groups is 1. The summed E-state index contributed by atoms with van der Waals surface area (Å²) in [7, 11) is 1.39. The largest absolute Gasteiger partial charge is 0.465 e. The van der Waals surface area contributed by atoms with E-state index in [1.54, 1.807) is 17.8 Å².